The number of methoxy groups -OCH3 is 1. The molecule has 1 unspecified atom stereocenters. The minimum absolute atomic E-state index is 0.000738. The van der Waals surface area contributed by atoms with Crippen molar-refractivity contribution in [2.45, 2.75) is 45.6 Å². The van der Waals surface area contributed by atoms with Crippen molar-refractivity contribution < 1.29 is 9.53 Å². The van der Waals surface area contributed by atoms with Gasteiger partial charge in [-0.2, -0.15) is 0 Å². The largest absolute Gasteiger partial charge is 0.495 e. The number of benzene rings is 3. The molecule has 0 spiro atoms. The number of hydrogen-bond acceptors (Lipinski definition) is 4. The van der Waals surface area contributed by atoms with Crippen LogP contribution in [0.1, 0.15) is 61.9 Å². The fourth-order valence-electron chi connectivity index (χ4n) is 4.51. The quantitative estimate of drug-likeness (QED) is 0.342. The Balaban J connectivity index is 1.86. The van der Waals surface area contributed by atoms with Crippen LogP contribution >= 0.6 is 0 Å². The van der Waals surface area contributed by atoms with Crippen LogP contribution in [0.25, 0.3) is 16.6 Å². The van der Waals surface area contributed by atoms with Gasteiger partial charge in [0.1, 0.15) is 11.6 Å². The van der Waals surface area contributed by atoms with Gasteiger partial charge in [-0.15, -0.1) is 0 Å². The molecule has 0 saturated carbocycles. The number of hydrogen-bond donors (Lipinski definition) is 0. The summed E-state index contributed by atoms with van der Waals surface area (Å²) in [6.07, 6.45) is 0.572. The van der Waals surface area contributed by atoms with Crippen molar-refractivity contribution in [1.82, 2.24) is 14.5 Å². The van der Waals surface area contributed by atoms with Crippen molar-refractivity contribution in [1.29, 1.82) is 0 Å². The van der Waals surface area contributed by atoms with Crippen molar-refractivity contribution in [3.8, 4) is 11.4 Å². The number of ether oxygens (including phenoxy) is 1. The lowest BCUT2D eigenvalue weighted by Gasteiger charge is -2.29. The van der Waals surface area contributed by atoms with E-state index in [1.165, 1.54) is 0 Å². The molecule has 0 N–H and O–H groups in total. The highest BCUT2D eigenvalue weighted by molar-refractivity contribution is 5.94. The van der Waals surface area contributed by atoms with Crippen LogP contribution < -0.4 is 10.3 Å². The van der Waals surface area contributed by atoms with Crippen LogP contribution in [0.5, 0.6) is 5.75 Å². The second-order valence-electron chi connectivity index (χ2n) is 9.97. The minimum Gasteiger partial charge on any atom is -0.495 e. The molecule has 0 aliphatic rings. The van der Waals surface area contributed by atoms with Crippen molar-refractivity contribution in [3.63, 3.8) is 0 Å². The zero-order chi connectivity index (χ0) is 26.0. The number of aromatic nitrogens is 2. The Labute approximate surface area is 212 Å². The summed E-state index contributed by atoms with van der Waals surface area (Å²) in [5, 5.41) is 0.508. The summed E-state index contributed by atoms with van der Waals surface area (Å²) < 4.78 is 7.17. The smallest absolute Gasteiger partial charge is 0.266 e. The van der Waals surface area contributed by atoms with Gasteiger partial charge in [-0.3, -0.25) is 14.2 Å². The van der Waals surface area contributed by atoms with Gasteiger partial charge in [0.25, 0.3) is 11.5 Å². The third kappa shape index (κ3) is 4.63. The predicted octanol–water partition coefficient (Wildman–Crippen LogP) is 5.92. The van der Waals surface area contributed by atoms with Crippen molar-refractivity contribution in [3.05, 3.63) is 100 Å². The summed E-state index contributed by atoms with van der Waals surface area (Å²) in [5.74, 6) is 0.920. The van der Waals surface area contributed by atoms with Gasteiger partial charge in [-0.1, -0.05) is 64.1 Å². The summed E-state index contributed by atoms with van der Waals surface area (Å²) in [7, 11) is 3.34. The van der Waals surface area contributed by atoms with E-state index in [9.17, 15) is 9.59 Å². The van der Waals surface area contributed by atoms with Gasteiger partial charge >= 0.3 is 0 Å². The molecule has 0 bridgehead atoms. The Morgan fingerprint density at radius 1 is 1.00 bits per heavy atom. The average molecular weight is 484 g/mol. The first-order valence-electron chi connectivity index (χ1n) is 12.2. The molecule has 0 aliphatic heterocycles. The van der Waals surface area contributed by atoms with Gasteiger partial charge in [-0.25, -0.2) is 4.98 Å². The van der Waals surface area contributed by atoms with E-state index in [2.05, 4.69) is 20.8 Å². The first kappa shape index (κ1) is 25.2. The van der Waals surface area contributed by atoms with Gasteiger partial charge < -0.3 is 9.64 Å². The second-order valence-corrected chi connectivity index (χ2v) is 9.97. The molecule has 0 saturated heterocycles. The van der Waals surface area contributed by atoms with E-state index in [-0.39, 0.29) is 16.9 Å². The minimum atomic E-state index is -0.443. The van der Waals surface area contributed by atoms with Crippen LogP contribution in [0.3, 0.4) is 0 Å². The molecule has 4 aromatic rings. The Morgan fingerprint density at radius 2 is 1.64 bits per heavy atom. The van der Waals surface area contributed by atoms with E-state index in [1.54, 1.807) is 29.7 Å². The summed E-state index contributed by atoms with van der Waals surface area (Å²) in [4.78, 5) is 34.0. The summed E-state index contributed by atoms with van der Waals surface area (Å²) in [6, 6.07) is 21.9. The van der Waals surface area contributed by atoms with Gasteiger partial charge in [0.2, 0.25) is 0 Å². The van der Waals surface area contributed by atoms with Crippen LogP contribution in [-0.2, 0) is 5.41 Å². The number of carbonyl (C=O) groups excluding carboxylic acids is 1. The molecule has 36 heavy (non-hydrogen) atoms. The molecule has 6 nitrogen and oxygen atoms in total. The van der Waals surface area contributed by atoms with Crippen LogP contribution in [0.15, 0.2) is 77.6 Å². The Kier molecular flexibility index (Phi) is 6.97. The highest BCUT2D eigenvalue weighted by Crippen LogP contribution is 2.30. The monoisotopic (exact) mass is 483 g/mol. The first-order valence-corrected chi connectivity index (χ1v) is 12.2. The van der Waals surface area contributed by atoms with E-state index in [1.807, 2.05) is 73.7 Å². The van der Waals surface area contributed by atoms with Crippen LogP contribution in [-0.4, -0.2) is 34.5 Å². The summed E-state index contributed by atoms with van der Waals surface area (Å²) >= 11 is 0. The number of carbonyl (C=O) groups is 1. The van der Waals surface area contributed by atoms with E-state index in [0.29, 0.717) is 40.1 Å². The van der Waals surface area contributed by atoms with Crippen LogP contribution in [0.4, 0.5) is 0 Å². The number of rotatable bonds is 6. The molecule has 1 heterocycles. The lowest BCUT2D eigenvalue weighted by atomic mass is 9.86. The van der Waals surface area contributed by atoms with E-state index >= 15 is 0 Å². The maximum absolute atomic E-state index is 13.8. The maximum atomic E-state index is 13.8. The summed E-state index contributed by atoms with van der Waals surface area (Å²) in [5.41, 5.74) is 2.74. The number of fused-ring (bicyclic) bond motifs is 1. The molecule has 4 rings (SSSR count). The Morgan fingerprint density at radius 3 is 2.28 bits per heavy atom. The SMILES string of the molecule is CCC(c1nc2ccccc2c(=O)n1-c1ccccc1OC)N(C)C(=O)c1ccc(C(C)(C)C)cc1. The molecule has 1 amide bonds. The van der Waals surface area contributed by atoms with Gasteiger partial charge in [0, 0.05) is 12.6 Å². The van der Waals surface area contributed by atoms with Gasteiger partial charge in [-0.05, 0) is 53.8 Å². The molecular formula is C30H33N3O3. The molecule has 186 valence electrons. The molecule has 6 heteroatoms. The molecule has 1 aromatic heterocycles. The number of amides is 1. The fraction of sp³-hybridized carbons (Fsp3) is 0.300. The third-order valence-corrected chi connectivity index (χ3v) is 6.60. The van der Waals surface area contributed by atoms with E-state index < -0.39 is 6.04 Å². The van der Waals surface area contributed by atoms with Crippen molar-refractivity contribution in [2.24, 2.45) is 0 Å². The fourth-order valence-corrected chi connectivity index (χ4v) is 4.51. The Hall–Kier alpha value is -3.93. The lowest BCUT2D eigenvalue weighted by Crippen LogP contribution is -2.36. The van der Waals surface area contributed by atoms with Crippen LogP contribution in [0.2, 0.25) is 0 Å². The number of para-hydroxylation sites is 3. The van der Waals surface area contributed by atoms with E-state index in [4.69, 9.17) is 9.72 Å². The van der Waals surface area contributed by atoms with Crippen LogP contribution in [0, 0.1) is 0 Å². The average Bonchev–Trinajstić information content (AvgIpc) is 2.88. The normalized spacial score (nSPS) is 12.4. The molecule has 1 atom stereocenters. The summed E-state index contributed by atoms with van der Waals surface area (Å²) in [6.45, 7) is 8.42. The van der Waals surface area contributed by atoms with Crippen molar-refractivity contribution >= 4 is 16.8 Å². The molecular weight excluding hydrogens is 450 g/mol. The highest BCUT2D eigenvalue weighted by atomic mass is 16.5. The molecule has 0 fully saturated rings. The molecule has 0 aliphatic carbocycles. The number of nitrogens with zero attached hydrogens (tertiary/aromatic N) is 3. The lowest BCUT2D eigenvalue weighted by molar-refractivity contribution is 0.0717. The highest BCUT2D eigenvalue weighted by Gasteiger charge is 2.28. The standard InChI is InChI=1S/C30H33N3O3/c1-7-24(32(5)28(34)20-16-18-21(19-17-20)30(2,3)4)27-31-23-13-9-8-12-22(23)29(35)33(27)25-14-10-11-15-26(25)36-6/h8-19,24H,7H2,1-6H3. The van der Waals surface area contributed by atoms with Gasteiger partial charge in [0.15, 0.2) is 0 Å². The predicted molar refractivity (Wildman–Crippen MR) is 144 cm³/mol. The molecule has 0 radical (unpaired) electrons. The third-order valence-electron chi connectivity index (χ3n) is 6.60. The zero-order valence-electron chi connectivity index (χ0n) is 21.8. The second kappa shape index (κ2) is 9.97. The van der Waals surface area contributed by atoms with Gasteiger partial charge in [0.05, 0.1) is 29.7 Å². The zero-order valence-corrected chi connectivity index (χ0v) is 21.8. The Bertz CT molecular complexity index is 1450. The maximum Gasteiger partial charge on any atom is 0.266 e. The molecule has 3 aromatic carbocycles. The van der Waals surface area contributed by atoms with Crippen molar-refractivity contribution in [2.75, 3.05) is 14.2 Å². The topological polar surface area (TPSA) is 64.4 Å². The first-order chi connectivity index (χ1) is 17.2. The van der Waals surface area contributed by atoms with E-state index in [0.717, 1.165) is 5.56 Å².